The van der Waals surface area contributed by atoms with E-state index in [1.165, 1.54) is 19.6 Å². The molecule has 0 fully saturated rings. The largest absolute Gasteiger partial charge is 0.468 e. The normalized spacial score (nSPS) is 8.35. The van der Waals surface area contributed by atoms with E-state index >= 15 is 0 Å². The predicted molar refractivity (Wildman–Crippen MR) is 67.2 cm³/mol. The average molecular weight is 235 g/mol. The summed E-state index contributed by atoms with van der Waals surface area (Å²) >= 11 is 0. The molecule has 0 aliphatic carbocycles. The van der Waals surface area contributed by atoms with Crippen molar-refractivity contribution < 1.29 is 14.3 Å². The van der Waals surface area contributed by atoms with Gasteiger partial charge in [-0.3, -0.25) is 9.59 Å². The third kappa shape index (κ3) is 8.87. The van der Waals surface area contributed by atoms with Crippen LogP contribution in [0.2, 0.25) is 0 Å². The van der Waals surface area contributed by atoms with Gasteiger partial charge in [-0.2, -0.15) is 0 Å². The number of rotatable bonds is 3. The fraction of sp³-hybridized carbons (Fsp3) is 0.231. The SMILES string of the molecule is C=Cc1ccccc1.COC(=O)CNC(C)=O. The van der Waals surface area contributed by atoms with Gasteiger partial charge in [0.25, 0.3) is 0 Å². The number of hydrogen-bond donors (Lipinski definition) is 1. The van der Waals surface area contributed by atoms with E-state index in [1.54, 1.807) is 0 Å². The minimum Gasteiger partial charge on any atom is -0.468 e. The smallest absolute Gasteiger partial charge is 0.325 e. The Balaban J connectivity index is 0.000000302. The van der Waals surface area contributed by atoms with Crippen molar-refractivity contribution in [2.45, 2.75) is 6.92 Å². The van der Waals surface area contributed by atoms with Gasteiger partial charge in [0, 0.05) is 6.92 Å². The van der Waals surface area contributed by atoms with Crippen molar-refractivity contribution in [2.75, 3.05) is 13.7 Å². The van der Waals surface area contributed by atoms with Crippen LogP contribution in [0.4, 0.5) is 0 Å². The van der Waals surface area contributed by atoms with E-state index in [-0.39, 0.29) is 12.5 Å². The van der Waals surface area contributed by atoms with Gasteiger partial charge >= 0.3 is 5.97 Å². The van der Waals surface area contributed by atoms with E-state index in [0.717, 1.165) is 0 Å². The molecule has 0 heterocycles. The van der Waals surface area contributed by atoms with E-state index in [2.05, 4.69) is 16.6 Å². The molecule has 0 saturated heterocycles. The van der Waals surface area contributed by atoms with Gasteiger partial charge in [0.05, 0.1) is 7.11 Å². The number of carbonyl (C=O) groups is 2. The molecule has 17 heavy (non-hydrogen) atoms. The minimum atomic E-state index is -0.440. The molecule has 0 aliphatic rings. The van der Waals surface area contributed by atoms with Gasteiger partial charge < -0.3 is 10.1 Å². The Morgan fingerprint density at radius 3 is 2.29 bits per heavy atom. The van der Waals surface area contributed by atoms with Crippen LogP contribution < -0.4 is 5.32 Å². The Labute approximate surface area is 101 Å². The van der Waals surface area contributed by atoms with Crippen molar-refractivity contribution in [3.8, 4) is 0 Å². The molecule has 0 aromatic heterocycles. The summed E-state index contributed by atoms with van der Waals surface area (Å²) in [6.07, 6.45) is 1.83. The Bertz CT molecular complexity index is 360. The lowest BCUT2D eigenvalue weighted by atomic mass is 10.2. The molecule has 92 valence electrons. The third-order valence-corrected chi connectivity index (χ3v) is 1.74. The maximum atomic E-state index is 10.3. The summed E-state index contributed by atoms with van der Waals surface area (Å²) in [7, 11) is 1.27. The molecule has 0 aliphatic heterocycles. The first-order valence-electron chi connectivity index (χ1n) is 5.09. The molecule has 4 heteroatoms. The van der Waals surface area contributed by atoms with Gasteiger partial charge in [-0.25, -0.2) is 0 Å². The number of amides is 1. The lowest BCUT2D eigenvalue weighted by Gasteiger charge is -1.97. The van der Waals surface area contributed by atoms with Crippen molar-refractivity contribution in [3.63, 3.8) is 0 Å². The van der Waals surface area contributed by atoms with E-state index in [0.29, 0.717) is 0 Å². The molecule has 0 saturated carbocycles. The van der Waals surface area contributed by atoms with Crippen LogP contribution in [0.1, 0.15) is 12.5 Å². The molecular weight excluding hydrogens is 218 g/mol. The van der Waals surface area contributed by atoms with Crippen LogP contribution >= 0.6 is 0 Å². The van der Waals surface area contributed by atoms with Gasteiger partial charge in [-0.05, 0) is 5.56 Å². The van der Waals surface area contributed by atoms with Crippen LogP contribution in [0.5, 0.6) is 0 Å². The summed E-state index contributed by atoms with van der Waals surface area (Å²) in [6.45, 7) is 4.92. The molecular formula is C13H17NO3. The fourth-order valence-electron chi connectivity index (χ4n) is 0.858. The molecule has 0 radical (unpaired) electrons. The maximum absolute atomic E-state index is 10.3. The number of hydrogen-bond acceptors (Lipinski definition) is 3. The topological polar surface area (TPSA) is 55.4 Å². The first kappa shape index (κ1) is 14.9. The zero-order chi connectivity index (χ0) is 13.1. The second-order valence-corrected chi connectivity index (χ2v) is 3.10. The van der Waals surface area contributed by atoms with Crippen molar-refractivity contribution in [3.05, 3.63) is 42.5 Å². The van der Waals surface area contributed by atoms with Gasteiger partial charge in [-0.15, -0.1) is 0 Å². The number of benzene rings is 1. The average Bonchev–Trinajstić information content (AvgIpc) is 2.37. The predicted octanol–water partition coefficient (Wildman–Crippen LogP) is 1.63. The lowest BCUT2D eigenvalue weighted by Crippen LogP contribution is -2.27. The molecule has 1 rings (SSSR count). The highest BCUT2D eigenvalue weighted by Gasteiger charge is 1.98. The zero-order valence-electron chi connectivity index (χ0n) is 10.1. The Hall–Kier alpha value is -2.10. The summed E-state index contributed by atoms with van der Waals surface area (Å²) in [5.74, 6) is -0.675. The first-order valence-corrected chi connectivity index (χ1v) is 5.09. The van der Waals surface area contributed by atoms with E-state index in [9.17, 15) is 9.59 Å². The summed E-state index contributed by atoms with van der Waals surface area (Å²) in [5, 5.41) is 2.28. The summed E-state index contributed by atoms with van der Waals surface area (Å²) in [6, 6.07) is 10.0. The van der Waals surface area contributed by atoms with Crippen LogP contribution in [0.25, 0.3) is 6.08 Å². The van der Waals surface area contributed by atoms with Crippen molar-refractivity contribution in [1.82, 2.24) is 5.32 Å². The maximum Gasteiger partial charge on any atom is 0.325 e. The number of nitrogens with one attached hydrogen (secondary N) is 1. The number of esters is 1. The van der Waals surface area contributed by atoms with Gasteiger partial charge in [0.2, 0.25) is 5.91 Å². The van der Waals surface area contributed by atoms with Crippen LogP contribution in [-0.4, -0.2) is 25.5 Å². The molecule has 0 spiro atoms. The molecule has 1 N–H and O–H groups in total. The number of ether oxygens (including phenoxy) is 1. The minimum absolute atomic E-state index is 0.0498. The van der Waals surface area contributed by atoms with Crippen LogP contribution in [-0.2, 0) is 14.3 Å². The number of methoxy groups -OCH3 is 1. The third-order valence-electron chi connectivity index (χ3n) is 1.74. The monoisotopic (exact) mass is 235 g/mol. The highest BCUT2D eigenvalue weighted by Crippen LogP contribution is 1.97. The highest BCUT2D eigenvalue weighted by atomic mass is 16.5. The molecule has 1 aromatic carbocycles. The summed E-state index contributed by atoms with van der Waals surface area (Å²) in [4.78, 5) is 20.4. The molecule has 4 nitrogen and oxygen atoms in total. The van der Waals surface area contributed by atoms with E-state index < -0.39 is 5.97 Å². The molecule has 0 atom stereocenters. The number of carbonyl (C=O) groups excluding carboxylic acids is 2. The fourth-order valence-corrected chi connectivity index (χ4v) is 0.858. The molecule has 0 bridgehead atoms. The second kappa shape index (κ2) is 9.15. The Morgan fingerprint density at radius 2 is 1.94 bits per heavy atom. The highest BCUT2D eigenvalue weighted by molar-refractivity contribution is 5.80. The van der Waals surface area contributed by atoms with Crippen LogP contribution in [0.3, 0.4) is 0 Å². The van der Waals surface area contributed by atoms with Crippen molar-refractivity contribution in [1.29, 1.82) is 0 Å². The molecule has 1 aromatic rings. The van der Waals surface area contributed by atoms with Gasteiger partial charge in [-0.1, -0.05) is 43.0 Å². The van der Waals surface area contributed by atoms with Gasteiger partial charge in [0.1, 0.15) is 6.54 Å². The second-order valence-electron chi connectivity index (χ2n) is 3.10. The molecule has 1 amide bonds. The van der Waals surface area contributed by atoms with Crippen LogP contribution in [0, 0.1) is 0 Å². The zero-order valence-corrected chi connectivity index (χ0v) is 10.1. The lowest BCUT2D eigenvalue weighted by molar-refractivity contribution is -0.140. The summed E-state index contributed by atoms with van der Waals surface area (Å²) in [5.41, 5.74) is 1.17. The van der Waals surface area contributed by atoms with Crippen molar-refractivity contribution >= 4 is 18.0 Å². The standard InChI is InChI=1S/C8H8.C5H9NO3/c1-2-8-6-4-3-5-7-8;1-4(7)6-3-5(8)9-2/h2-7H,1H2;3H2,1-2H3,(H,6,7). The van der Waals surface area contributed by atoms with Crippen molar-refractivity contribution in [2.24, 2.45) is 0 Å². The van der Waals surface area contributed by atoms with E-state index in [1.807, 2.05) is 36.4 Å². The Kier molecular flexibility index (Phi) is 8.02. The van der Waals surface area contributed by atoms with Gasteiger partial charge in [0.15, 0.2) is 0 Å². The van der Waals surface area contributed by atoms with E-state index in [4.69, 9.17) is 0 Å². The molecule has 0 unspecified atom stereocenters. The van der Waals surface area contributed by atoms with Crippen LogP contribution in [0.15, 0.2) is 36.9 Å². The Morgan fingerprint density at radius 1 is 1.35 bits per heavy atom. The summed E-state index contributed by atoms with van der Waals surface area (Å²) < 4.78 is 4.25. The first-order chi connectivity index (χ1) is 8.10. The quantitative estimate of drug-likeness (QED) is 0.810.